The van der Waals surface area contributed by atoms with Crippen LogP contribution < -0.4 is 0 Å². The molecule has 0 aliphatic heterocycles. The second kappa shape index (κ2) is 15.5. The van der Waals surface area contributed by atoms with Gasteiger partial charge in [-0.3, -0.25) is 0 Å². The fourth-order valence-corrected chi connectivity index (χ4v) is 1.80. The standard InChI is InChI=1S/C17H31/c1-3-5-7-9-11-13-15-17-16-14-12-10-8-6-4-2/h7,9,14,16H,1,3-6,8,10-13,15,17H2,2H3/b9-7+,16-14+. The zero-order chi connectivity index (χ0) is 12.6. The first-order valence-corrected chi connectivity index (χ1v) is 7.51. The molecule has 0 atom stereocenters. The molecule has 0 fully saturated rings. The highest BCUT2D eigenvalue weighted by Crippen LogP contribution is 2.06. The van der Waals surface area contributed by atoms with E-state index in [9.17, 15) is 0 Å². The predicted octanol–water partition coefficient (Wildman–Crippen LogP) is 6.24. The van der Waals surface area contributed by atoms with Crippen molar-refractivity contribution in [3.8, 4) is 0 Å². The van der Waals surface area contributed by atoms with Crippen LogP contribution in [0.25, 0.3) is 0 Å². The molecule has 0 N–H and O–H groups in total. The van der Waals surface area contributed by atoms with Gasteiger partial charge in [0.1, 0.15) is 0 Å². The monoisotopic (exact) mass is 235 g/mol. The smallest absolute Gasteiger partial charge is 0.0351 e. The normalized spacial score (nSPS) is 11.9. The van der Waals surface area contributed by atoms with Crippen LogP contribution in [0.3, 0.4) is 0 Å². The second-order valence-corrected chi connectivity index (χ2v) is 4.72. The third-order valence-electron chi connectivity index (χ3n) is 2.92. The average molecular weight is 235 g/mol. The Bertz CT molecular complexity index is 176. The van der Waals surface area contributed by atoms with E-state index in [0.29, 0.717) is 0 Å². The topological polar surface area (TPSA) is 0 Å². The Balaban J connectivity index is 3.08. The van der Waals surface area contributed by atoms with Crippen molar-refractivity contribution in [2.75, 3.05) is 0 Å². The molecule has 0 saturated heterocycles. The van der Waals surface area contributed by atoms with Gasteiger partial charge in [-0.1, -0.05) is 57.4 Å². The summed E-state index contributed by atoms with van der Waals surface area (Å²) in [4.78, 5) is 0. The van der Waals surface area contributed by atoms with Crippen molar-refractivity contribution in [2.24, 2.45) is 0 Å². The minimum absolute atomic E-state index is 1.03. The molecule has 0 saturated carbocycles. The van der Waals surface area contributed by atoms with E-state index < -0.39 is 0 Å². The summed E-state index contributed by atoms with van der Waals surface area (Å²) in [6.45, 7) is 6.08. The molecule has 0 spiro atoms. The third kappa shape index (κ3) is 15.5. The highest BCUT2D eigenvalue weighted by Gasteiger charge is 1.86. The van der Waals surface area contributed by atoms with Crippen molar-refractivity contribution in [1.29, 1.82) is 0 Å². The van der Waals surface area contributed by atoms with Gasteiger partial charge >= 0.3 is 0 Å². The predicted molar refractivity (Wildman–Crippen MR) is 80.1 cm³/mol. The summed E-state index contributed by atoms with van der Waals surface area (Å²) in [6, 6.07) is 0. The van der Waals surface area contributed by atoms with E-state index in [1.807, 2.05) is 0 Å². The number of hydrogen-bond donors (Lipinski definition) is 0. The molecule has 0 aromatic rings. The van der Waals surface area contributed by atoms with E-state index >= 15 is 0 Å². The molecule has 0 heteroatoms. The van der Waals surface area contributed by atoms with E-state index in [4.69, 9.17) is 0 Å². The molecule has 0 aromatic heterocycles. The molecule has 0 rings (SSSR count). The molecule has 17 heavy (non-hydrogen) atoms. The van der Waals surface area contributed by atoms with Crippen molar-refractivity contribution in [3.05, 3.63) is 31.2 Å². The van der Waals surface area contributed by atoms with Crippen LogP contribution in [0.5, 0.6) is 0 Å². The fraction of sp³-hybridized carbons (Fsp3) is 0.706. The first kappa shape index (κ1) is 16.5. The molecule has 0 aromatic carbocycles. The van der Waals surface area contributed by atoms with Crippen molar-refractivity contribution in [2.45, 2.75) is 77.6 Å². The SMILES string of the molecule is [CH2]CC/C=C/CCCC/C=C/CCCCCC. The quantitative estimate of drug-likeness (QED) is 0.277. The zero-order valence-corrected chi connectivity index (χ0v) is 11.8. The van der Waals surface area contributed by atoms with Crippen LogP contribution in [0.15, 0.2) is 24.3 Å². The molecule has 0 nitrogen and oxygen atoms in total. The second-order valence-electron chi connectivity index (χ2n) is 4.72. The van der Waals surface area contributed by atoms with Gasteiger partial charge in [-0.25, -0.2) is 0 Å². The summed E-state index contributed by atoms with van der Waals surface area (Å²) < 4.78 is 0. The molecule has 0 bridgehead atoms. The Morgan fingerprint density at radius 1 is 0.647 bits per heavy atom. The van der Waals surface area contributed by atoms with E-state index in [2.05, 4.69) is 38.2 Å². The maximum Gasteiger partial charge on any atom is -0.0351 e. The summed E-state index contributed by atoms with van der Waals surface area (Å²) in [7, 11) is 0. The lowest BCUT2D eigenvalue weighted by Gasteiger charge is -1.95. The first-order valence-electron chi connectivity index (χ1n) is 7.51. The highest BCUT2D eigenvalue weighted by molar-refractivity contribution is 4.84. The Labute approximate surface area is 109 Å². The molecular formula is C17H31. The van der Waals surface area contributed by atoms with Crippen molar-refractivity contribution in [3.63, 3.8) is 0 Å². The van der Waals surface area contributed by atoms with Gasteiger partial charge in [0.25, 0.3) is 0 Å². The van der Waals surface area contributed by atoms with Crippen LogP contribution in [0.1, 0.15) is 77.6 Å². The Kier molecular flexibility index (Phi) is 15.0. The number of hydrogen-bond acceptors (Lipinski definition) is 0. The third-order valence-corrected chi connectivity index (χ3v) is 2.92. The lowest BCUT2D eigenvalue weighted by atomic mass is 10.1. The Morgan fingerprint density at radius 2 is 1.12 bits per heavy atom. The lowest BCUT2D eigenvalue weighted by Crippen LogP contribution is -1.75. The number of allylic oxidation sites excluding steroid dienone is 4. The molecule has 99 valence electrons. The van der Waals surface area contributed by atoms with Crippen LogP contribution in [0, 0.1) is 6.92 Å². The Morgan fingerprint density at radius 3 is 1.59 bits per heavy atom. The van der Waals surface area contributed by atoms with Crippen LogP contribution in [0.4, 0.5) is 0 Å². The Hall–Kier alpha value is -0.520. The minimum atomic E-state index is 1.03. The minimum Gasteiger partial charge on any atom is -0.0885 e. The molecule has 1 radical (unpaired) electrons. The van der Waals surface area contributed by atoms with Gasteiger partial charge < -0.3 is 0 Å². The van der Waals surface area contributed by atoms with E-state index in [1.54, 1.807) is 0 Å². The molecule has 0 aliphatic carbocycles. The summed E-state index contributed by atoms with van der Waals surface area (Å²) >= 11 is 0. The van der Waals surface area contributed by atoms with Crippen LogP contribution in [-0.2, 0) is 0 Å². The van der Waals surface area contributed by atoms with Gasteiger partial charge in [0, 0.05) is 0 Å². The summed E-state index contributed by atoms with van der Waals surface area (Å²) in [5.74, 6) is 0. The van der Waals surface area contributed by atoms with Gasteiger partial charge in [0.15, 0.2) is 0 Å². The van der Waals surface area contributed by atoms with Crippen LogP contribution in [0.2, 0.25) is 0 Å². The van der Waals surface area contributed by atoms with Crippen LogP contribution in [-0.4, -0.2) is 0 Å². The lowest BCUT2D eigenvalue weighted by molar-refractivity contribution is 0.673. The molecule has 0 amide bonds. The molecule has 0 aliphatic rings. The van der Waals surface area contributed by atoms with Crippen molar-refractivity contribution in [1.82, 2.24) is 0 Å². The van der Waals surface area contributed by atoms with Gasteiger partial charge in [-0.05, 0) is 51.4 Å². The summed E-state index contributed by atoms with van der Waals surface area (Å²) in [5, 5.41) is 0. The molecule has 0 unspecified atom stereocenters. The van der Waals surface area contributed by atoms with E-state index in [0.717, 1.165) is 12.8 Å². The van der Waals surface area contributed by atoms with Crippen molar-refractivity contribution < 1.29 is 0 Å². The number of unbranched alkanes of at least 4 members (excludes halogenated alkanes) is 8. The zero-order valence-electron chi connectivity index (χ0n) is 11.8. The maximum absolute atomic E-state index is 3.82. The van der Waals surface area contributed by atoms with Gasteiger partial charge in [-0.15, -0.1) is 0 Å². The first-order chi connectivity index (χ1) is 8.41. The number of rotatable bonds is 12. The average Bonchev–Trinajstić information content (AvgIpc) is 2.35. The van der Waals surface area contributed by atoms with Gasteiger partial charge in [0.2, 0.25) is 0 Å². The van der Waals surface area contributed by atoms with Gasteiger partial charge in [-0.2, -0.15) is 0 Å². The summed E-state index contributed by atoms with van der Waals surface area (Å²) in [5.41, 5.74) is 0. The highest BCUT2D eigenvalue weighted by atomic mass is 13.9. The molecule has 0 heterocycles. The largest absolute Gasteiger partial charge is 0.0885 e. The maximum atomic E-state index is 3.82. The fourth-order valence-electron chi connectivity index (χ4n) is 1.80. The summed E-state index contributed by atoms with van der Waals surface area (Å²) in [6.07, 6.45) is 23.4. The van der Waals surface area contributed by atoms with E-state index in [1.165, 1.54) is 57.8 Å². The van der Waals surface area contributed by atoms with Gasteiger partial charge in [0.05, 0.1) is 0 Å². The molecular weight excluding hydrogens is 204 g/mol. The van der Waals surface area contributed by atoms with Crippen LogP contribution >= 0.6 is 0 Å². The van der Waals surface area contributed by atoms with Crippen molar-refractivity contribution >= 4 is 0 Å². The van der Waals surface area contributed by atoms with E-state index in [-0.39, 0.29) is 0 Å².